The lowest BCUT2D eigenvalue weighted by atomic mass is 10.2. The van der Waals surface area contributed by atoms with Gasteiger partial charge in [0.25, 0.3) is 5.91 Å². The van der Waals surface area contributed by atoms with Crippen molar-refractivity contribution in [3.63, 3.8) is 0 Å². The quantitative estimate of drug-likeness (QED) is 0.759. The Morgan fingerprint density at radius 1 is 1.69 bits per heavy atom. The van der Waals surface area contributed by atoms with Gasteiger partial charge in [-0.15, -0.1) is 0 Å². The first-order valence-corrected chi connectivity index (χ1v) is 4.88. The molecule has 0 aromatic carbocycles. The lowest BCUT2D eigenvalue weighted by molar-refractivity contribution is 0.0945. The van der Waals surface area contributed by atoms with E-state index in [4.69, 9.17) is 0 Å². The number of aromatic amines is 1. The van der Waals surface area contributed by atoms with E-state index in [1.54, 1.807) is 0 Å². The molecule has 1 amide bonds. The second-order valence-corrected chi connectivity index (χ2v) is 4.00. The van der Waals surface area contributed by atoms with Crippen molar-refractivity contribution in [2.75, 3.05) is 6.54 Å². The van der Waals surface area contributed by atoms with Gasteiger partial charge in [0.2, 0.25) is 4.74 Å². The number of carbonyl (C=O) groups is 1. The van der Waals surface area contributed by atoms with Gasteiger partial charge in [-0.2, -0.15) is 0 Å². The minimum atomic E-state index is -0.216. The summed E-state index contributed by atoms with van der Waals surface area (Å²) in [6.07, 6.45) is 0. The number of aromatic nitrogens is 1. The van der Waals surface area contributed by atoms with Crippen molar-refractivity contribution in [3.8, 4) is 0 Å². The molecule has 0 saturated heterocycles. The van der Waals surface area contributed by atoms with Gasteiger partial charge in [0, 0.05) is 12.6 Å². The Labute approximate surface area is 80.1 Å². The summed E-state index contributed by atoms with van der Waals surface area (Å²) in [7, 11) is 0. The summed E-state index contributed by atoms with van der Waals surface area (Å²) in [5.41, 5.74) is 0.343. The zero-order valence-corrected chi connectivity index (χ0v) is 8.40. The maximum atomic E-state index is 11.3. The van der Waals surface area contributed by atoms with Crippen LogP contribution in [0.15, 0.2) is 10.9 Å². The largest absolute Gasteiger partial charge is 0.350 e. The van der Waals surface area contributed by atoms with Crippen molar-refractivity contribution in [2.45, 2.75) is 13.8 Å². The second-order valence-electron chi connectivity index (χ2n) is 3.19. The predicted octanol–water partition coefficient (Wildman–Crippen LogP) is 0.822. The van der Waals surface area contributed by atoms with E-state index in [0.29, 0.717) is 18.2 Å². The van der Waals surface area contributed by atoms with Crippen LogP contribution in [0, 0.1) is 5.92 Å². The number of H-pyrrole nitrogens is 1. The van der Waals surface area contributed by atoms with Gasteiger partial charge in [0.1, 0.15) is 5.69 Å². The molecule has 0 aliphatic rings. The summed E-state index contributed by atoms with van der Waals surface area (Å²) in [6, 6.07) is 1.31. The van der Waals surface area contributed by atoms with Gasteiger partial charge in [-0.3, -0.25) is 9.59 Å². The zero-order valence-electron chi connectivity index (χ0n) is 7.59. The molecular weight excluding hydrogens is 188 g/mol. The monoisotopic (exact) mass is 200 g/mol. The molecule has 0 radical (unpaired) electrons. The first-order chi connectivity index (χ1) is 6.09. The Hall–Kier alpha value is -1.10. The molecule has 0 aliphatic heterocycles. The second kappa shape index (κ2) is 4.23. The van der Waals surface area contributed by atoms with Crippen molar-refractivity contribution >= 4 is 17.4 Å². The normalized spacial score (nSPS) is 10.4. The van der Waals surface area contributed by atoms with Gasteiger partial charge in [-0.1, -0.05) is 13.8 Å². The molecular formula is C8H12N2O2S. The highest BCUT2D eigenvalue weighted by molar-refractivity contribution is 7.03. The summed E-state index contributed by atoms with van der Waals surface area (Å²) < 4.78 is 2.52. The van der Waals surface area contributed by atoms with Crippen molar-refractivity contribution in [1.82, 2.24) is 9.69 Å². The fraction of sp³-hybridized carbons (Fsp3) is 0.500. The molecule has 0 fully saturated rings. The minimum Gasteiger partial charge on any atom is -0.350 e. The summed E-state index contributed by atoms with van der Waals surface area (Å²) >= 11 is 0.926. The molecule has 1 aromatic heterocycles. The van der Waals surface area contributed by atoms with E-state index in [2.05, 4.69) is 9.69 Å². The van der Waals surface area contributed by atoms with Gasteiger partial charge in [-0.25, -0.2) is 0 Å². The summed E-state index contributed by atoms with van der Waals surface area (Å²) in [5.74, 6) is 0.196. The van der Waals surface area contributed by atoms with Crippen LogP contribution in [0.1, 0.15) is 24.3 Å². The maximum absolute atomic E-state index is 11.3. The Bertz CT molecular complexity index is 340. The van der Waals surface area contributed by atoms with Crippen LogP contribution in [-0.2, 0) is 0 Å². The topological polar surface area (TPSA) is 62.0 Å². The highest BCUT2D eigenvalue weighted by Gasteiger charge is 2.07. The molecule has 1 rings (SSSR count). The fourth-order valence-electron chi connectivity index (χ4n) is 0.786. The fourth-order valence-corrected chi connectivity index (χ4v) is 1.32. The number of carbonyl (C=O) groups excluding carboxylic acids is 1. The molecule has 4 nitrogen and oxygen atoms in total. The Morgan fingerprint density at radius 2 is 2.38 bits per heavy atom. The van der Waals surface area contributed by atoms with E-state index in [-0.39, 0.29) is 10.6 Å². The van der Waals surface area contributed by atoms with Crippen LogP contribution in [0.5, 0.6) is 0 Å². The summed E-state index contributed by atoms with van der Waals surface area (Å²) in [4.78, 5) is 22.0. The van der Waals surface area contributed by atoms with Gasteiger partial charge >= 0.3 is 0 Å². The molecule has 1 heterocycles. The number of nitrogens with one attached hydrogen (secondary N) is 2. The van der Waals surface area contributed by atoms with Crippen LogP contribution < -0.4 is 10.1 Å². The summed E-state index contributed by atoms with van der Waals surface area (Å²) in [5, 5.41) is 2.71. The number of rotatable bonds is 3. The first-order valence-electron chi connectivity index (χ1n) is 4.06. The van der Waals surface area contributed by atoms with Crippen LogP contribution in [0.2, 0.25) is 0 Å². The first kappa shape index (κ1) is 9.98. The van der Waals surface area contributed by atoms with Crippen molar-refractivity contribution < 1.29 is 4.79 Å². The van der Waals surface area contributed by atoms with Gasteiger partial charge in [-0.05, 0) is 17.5 Å². The van der Waals surface area contributed by atoms with Gasteiger partial charge < -0.3 is 9.69 Å². The van der Waals surface area contributed by atoms with Crippen LogP contribution >= 0.6 is 11.5 Å². The van der Waals surface area contributed by atoms with Crippen LogP contribution in [0.3, 0.4) is 0 Å². The molecule has 0 unspecified atom stereocenters. The number of hydrogen-bond donors (Lipinski definition) is 2. The van der Waals surface area contributed by atoms with Gasteiger partial charge in [0.05, 0.1) is 0 Å². The predicted molar refractivity (Wildman–Crippen MR) is 52.1 cm³/mol. The molecule has 1 aromatic rings. The van der Waals surface area contributed by atoms with Crippen LogP contribution in [0.4, 0.5) is 0 Å². The molecule has 72 valence electrons. The lowest BCUT2D eigenvalue weighted by Gasteiger charge is -2.05. The molecule has 13 heavy (non-hydrogen) atoms. The van der Waals surface area contributed by atoms with Crippen molar-refractivity contribution in [1.29, 1.82) is 0 Å². The molecule has 0 aliphatic carbocycles. The summed E-state index contributed by atoms with van der Waals surface area (Å²) in [6.45, 7) is 4.64. The molecule has 5 heteroatoms. The van der Waals surface area contributed by atoms with E-state index in [9.17, 15) is 9.59 Å². The zero-order chi connectivity index (χ0) is 9.84. The average Bonchev–Trinajstić information content (AvgIpc) is 2.47. The lowest BCUT2D eigenvalue weighted by Crippen LogP contribution is -2.27. The standard InChI is InChI=1S/C8H12N2O2S/c1-5(2)4-9-8(12)6-3-7(11)13-10-6/h3,5,10H,4H2,1-2H3,(H,9,12). The smallest absolute Gasteiger partial charge is 0.268 e. The third-order valence-corrected chi connectivity index (χ3v) is 2.08. The van der Waals surface area contributed by atoms with E-state index >= 15 is 0 Å². The maximum Gasteiger partial charge on any atom is 0.268 e. The van der Waals surface area contributed by atoms with E-state index < -0.39 is 0 Å². The highest BCUT2D eigenvalue weighted by atomic mass is 32.1. The number of amides is 1. The van der Waals surface area contributed by atoms with Crippen molar-refractivity contribution in [2.24, 2.45) is 5.92 Å². The third-order valence-electron chi connectivity index (χ3n) is 1.44. The molecule has 0 saturated carbocycles. The molecule has 0 atom stereocenters. The van der Waals surface area contributed by atoms with Crippen LogP contribution in [-0.4, -0.2) is 16.8 Å². The third kappa shape index (κ3) is 3.02. The highest BCUT2D eigenvalue weighted by Crippen LogP contribution is 1.94. The van der Waals surface area contributed by atoms with Crippen molar-refractivity contribution in [3.05, 3.63) is 21.3 Å². The van der Waals surface area contributed by atoms with E-state index in [1.807, 2.05) is 13.8 Å². The Balaban J connectivity index is 2.54. The molecule has 2 N–H and O–H groups in total. The molecule has 0 spiro atoms. The van der Waals surface area contributed by atoms with E-state index in [1.165, 1.54) is 6.07 Å². The Kier molecular flexibility index (Phi) is 3.25. The number of hydrogen-bond acceptors (Lipinski definition) is 3. The molecule has 0 bridgehead atoms. The van der Waals surface area contributed by atoms with E-state index in [0.717, 1.165) is 11.5 Å². The minimum absolute atomic E-state index is 0.130. The van der Waals surface area contributed by atoms with Crippen LogP contribution in [0.25, 0.3) is 0 Å². The Morgan fingerprint density at radius 3 is 2.85 bits per heavy atom. The SMILES string of the molecule is CC(C)CNC(=O)c1cc(=O)s[nH]1. The van der Waals surface area contributed by atoms with Gasteiger partial charge in [0.15, 0.2) is 0 Å². The average molecular weight is 200 g/mol.